The van der Waals surface area contributed by atoms with Crippen LogP contribution in [0.15, 0.2) is 66.9 Å². The predicted octanol–water partition coefficient (Wildman–Crippen LogP) is 3.46. The van der Waals surface area contributed by atoms with Crippen molar-refractivity contribution in [2.24, 2.45) is 0 Å². The van der Waals surface area contributed by atoms with Crippen LogP contribution < -0.4 is 15.5 Å². The summed E-state index contributed by atoms with van der Waals surface area (Å²) in [5, 5.41) is 5.90. The second-order valence-electron chi connectivity index (χ2n) is 6.85. The first-order valence-corrected chi connectivity index (χ1v) is 9.62. The van der Waals surface area contributed by atoms with Crippen molar-refractivity contribution in [3.8, 4) is 11.1 Å². The highest BCUT2D eigenvalue weighted by molar-refractivity contribution is 6.02. The molecule has 4 rings (SSSR count). The third-order valence-corrected chi connectivity index (χ3v) is 4.85. The summed E-state index contributed by atoms with van der Waals surface area (Å²) in [4.78, 5) is 31.1. The summed E-state index contributed by atoms with van der Waals surface area (Å²) >= 11 is 0. The minimum Gasteiger partial charge on any atom is -0.359 e. The Bertz CT molecular complexity index is 1050. The summed E-state index contributed by atoms with van der Waals surface area (Å²) in [6, 6.07) is 19.3. The van der Waals surface area contributed by atoms with Crippen molar-refractivity contribution in [3.63, 3.8) is 0 Å². The molecule has 0 saturated heterocycles. The van der Waals surface area contributed by atoms with Crippen molar-refractivity contribution in [1.82, 2.24) is 10.3 Å². The second kappa shape index (κ2) is 8.14. The molecule has 2 amide bonds. The molecular weight excluding hydrogens is 364 g/mol. The fourth-order valence-corrected chi connectivity index (χ4v) is 3.38. The Morgan fingerprint density at radius 3 is 2.72 bits per heavy atom. The quantitative estimate of drug-likeness (QED) is 0.704. The van der Waals surface area contributed by atoms with Crippen molar-refractivity contribution in [2.45, 2.75) is 13.5 Å². The van der Waals surface area contributed by atoms with Crippen LogP contribution in [0.1, 0.15) is 22.8 Å². The van der Waals surface area contributed by atoms with Crippen LogP contribution in [0.4, 0.5) is 11.5 Å². The maximum atomic E-state index is 12.6. The fraction of sp³-hybridized carbons (Fsp3) is 0.174. The summed E-state index contributed by atoms with van der Waals surface area (Å²) in [6.07, 6.45) is 1.76. The monoisotopic (exact) mass is 386 g/mol. The molecule has 0 atom stereocenters. The number of fused-ring (bicyclic) bond motifs is 1. The van der Waals surface area contributed by atoms with Crippen molar-refractivity contribution < 1.29 is 9.59 Å². The first-order chi connectivity index (χ1) is 14.2. The number of carbonyl (C=O) groups excluding carboxylic acids is 2. The Morgan fingerprint density at radius 2 is 1.93 bits per heavy atom. The topological polar surface area (TPSA) is 74.3 Å². The van der Waals surface area contributed by atoms with Crippen LogP contribution in [0, 0.1) is 0 Å². The zero-order valence-electron chi connectivity index (χ0n) is 16.2. The molecule has 0 spiro atoms. The molecule has 29 heavy (non-hydrogen) atoms. The van der Waals surface area contributed by atoms with Crippen LogP contribution in [0.2, 0.25) is 0 Å². The molecule has 0 aliphatic carbocycles. The molecule has 146 valence electrons. The SMILES string of the molecule is CCNC(=O)c1cccc(-c2cnc3c(c2)N(Cc2ccccc2)C(=O)CN3)c1. The number of nitrogens with one attached hydrogen (secondary N) is 2. The number of hydrogen-bond acceptors (Lipinski definition) is 4. The van der Waals surface area contributed by atoms with E-state index in [-0.39, 0.29) is 18.4 Å². The second-order valence-corrected chi connectivity index (χ2v) is 6.85. The van der Waals surface area contributed by atoms with E-state index < -0.39 is 0 Å². The van der Waals surface area contributed by atoms with Crippen molar-refractivity contribution in [1.29, 1.82) is 0 Å². The largest absolute Gasteiger partial charge is 0.359 e. The van der Waals surface area contributed by atoms with Gasteiger partial charge in [0.2, 0.25) is 5.91 Å². The van der Waals surface area contributed by atoms with Crippen LogP contribution >= 0.6 is 0 Å². The summed E-state index contributed by atoms with van der Waals surface area (Å²) < 4.78 is 0. The van der Waals surface area contributed by atoms with Crippen LogP contribution in [0.5, 0.6) is 0 Å². The number of nitrogens with zero attached hydrogens (tertiary/aromatic N) is 2. The van der Waals surface area contributed by atoms with E-state index in [2.05, 4.69) is 15.6 Å². The highest BCUT2D eigenvalue weighted by Crippen LogP contribution is 2.33. The summed E-state index contributed by atoms with van der Waals surface area (Å²) in [7, 11) is 0. The Hall–Kier alpha value is -3.67. The number of aromatic nitrogens is 1. The zero-order valence-corrected chi connectivity index (χ0v) is 16.2. The van der Waals surface area contributed by atoms with Gasteiger partial charge in [-0.2, -0.15) is 0 Å². The minimum atomic E-state index is -0.109. The maximum Gasteiger partial charge on any atom is 0.251 e. The van der Waals surface area contributed by atoms with Gasteiger partial charge in [0, 0.05) is 23.9 Å². The van der Waals surface area contributed by atoms with Gasteiger partial charge in [-0.05, 0) is 36.2 Å². The number of hydrogen-bond donors (Lipinski definition) is 2. The lowest BCUT2D eigenvalue weighted by Crippen LogP contribution is -2.39. The number of amides is 2. The molecule has 2 N–H and O–H groups in total. The van der Waals surface area contributed by atoms with Crippen molar-refractivity contribution in [2.75, 3.05) is 23.3 Å². The molecule has 3 aromatic rings. The lowest BCUT2D eigenvalue weighted by Gasteiger charge is -2.30. The van der Waals surface area contributed by atoms with Gasteiger partial charge < -0.3 is 15.5 Å². The Morgan fingerprint density at radius 1 is 1.10 bits per heavy atom. The van der Waals surface area contributed by atoms with E-state index in [0.29, 0.717) is 24.5 Å². The van der Waals surface area contributed by atoms with Gasteiger partial charge in [-0.3, -0.25) is 9.59 Å². The van der Waals surface area contributed by atoms with E-state index in [1.165, 1.54) is 0 Å². The number of benzene rings is 2. The van der Waals surface area contributed by atoms with E-state index in [9.17, 15) is 9.59 Å². The first kappa shape index (κ1) is 18.7. The molecule has 0 saturated carbocycles. The van der Waals surface area contributed by atoms with E-state index >= 15 is 0 Å². The van der Waals surface area contributed by atoms with Gasteiger partial charge in [-0.25, -0.2) is 4.98 Å². The molecule has 6 heteroatoms. The Balaban J connectivity index is 1.69. The fourth-order valence-electron chi connectivity index (χ4n) is 3.38. The normalized spacial score (nSPS) is 12.9. The van der Waals surface area contributed by atoms with Gasteiger partial charge in [0.25, 0.3) is 5.91 Å². The Labute approximate surface area is 169 Å². The Kier molecular flexibility index (Phi) is 5.24. The summed E-state index contributed by atoms with van der Waals surface area (Å²) in [6.45, 7) is 3.17. The average molecular weight is 386 g/mol. The van der Waals surface area contributed by atoms with Gasteiger partial charge >= 0.3 is 0 Å². The molecule has 0 bridgehead atoms. The standard InChI is InChI=1S/C23H22N4O2/c1-2-24-23(29)18-10-6-9-17(11-18)19-12-20-22(25-13-19)26-14-21(28)27(20)15-16-7-4-3-5-8-16/h3-13H,2,14-15H2,1H3,(H,24,29)(H,25,26). The van der Waals surface area contributed by atoms with Crippen LogP contribution in [0.3, 0.4) is 0 Å². The number of carbonyl (C=O) groups is 2. The maximum absolute atomic E-state index is 12.6. The van der Waals surface area contributed by atoms with Gasteiger partial charge in [-0.1, -0.05) is 42.5 Å². The van der Waals surface area contributed by atoms with Crippen LogP contribution in [0.25, 0.3) is 11.1 Å². The van der Waals surface area contributed by atoms with Crippen LogP contribution in [-0.2, 0) is 11.3 Å². The highest BCUT2D eigenvalue weighted by atomic mass is 16.2. The van der Waals surface area contributed by atoms with E-state index in [1.807, 2.05) is 61.5 Å². The molecule has 6 nitrogen and oxygen atoms in total. The third-order valence-electron chi connectivity index (χ3n) is 4.85. The van der Waals surface area contributed by atoms with Crippen molar-refractivity contribution in [3.05, 3.63) is 78.0 Å². The molecule has 0 unspecified atom stereocenters. The lowest BCUT2D eigenvalue weighted by molar-refractivity contribution is -0.117. The number of pyridine rings is 1. The van der Waals surface area contributed by atoms with Gasteiger partial charge in [0.15, 0.2) is 5.82 Å². The van der Waals surface area contributed by atoms with E-state index in [4.69, 9.17) is 0 Å². The molecular formula is C23H22N4O2. The van der Waals surface area contributed by atoms with Crippen molar-refractivity contribution >= 4 is 23.3 Å². The summed E-state index contributed by atoms with van der Waals surface area (Å²) in [5.41, 5.74) is 4.12. The van der Waals surface area contributed by atoms with Gasteiger partial charge in [0.1, 0.15) is 0 Å². The molecule has 1 aliphatic heterocycles. The molecule has 0 fully saturated rings. The minimum absolute atomic E-state index is 0.00335. The van der Waals surface area contributed by atoms with Crippen LogP contribution in [-0.4, -0.2) is 29.9 Å². The van der Waals surface area contributed by atoms with Gasteiger partial charge in [-0.15, -0.1) is 0 Å². The smallest absolute Gasteiger partial charge is 0.251 e. The average Bonchev–Trinajstić information content (AvgIpc) is 2.76. The lowest BCUT2D eigenvalue weighted by atomic mass is 10.0. The molecule has 0 radical (unpaired) electrons. The summed E-state index contributed by atoms with van der Waals surface area (Å²) in [5.74, 6) is 0.573. The number of anilines is 2. The first-order valence-electron chi connectivity index (χ1n) is 9.62. The number of rotatable bonds is 5. The molecule has 1 aromatic heterocycles. The van der Waals surface area contributed by atoms with E-state index in [0.717, 1.165) is 22.4 Å². The molecule has 1 aliphatic rings. The highest BCUT2D eigenvalue weighted by Gasteiger charge is 2.25. The zero-order chi connectivity index (χ0) is 20.2. The predicted molar refractivity (Wildman–Crippen MR) is 114 cm³/mol. The van der Waals surface area contributed by atoms with E-state index in [1.54, 1.807) is 17.2 Å². The third kappa shape index (κ3) is 3.96. The molecule has 2 aromatic carbocycles. The van der Waals surface area contributed by atoms with Gasteiger partial charge in [0.05, 0.1) is 18.8 Å². The molecule has 2 heterocycles.